The van der Waals surface area contributed by atoms with Crippen LogP contribution in [0.4, 0.5) is 19.3 Å². The molecule has 0 saturated carbocycles. The van der Waals surface area contributed by atoms with E-state index in [9.17, 15) is 18.4 Å². The van der Waals surface area contributed by atoms with Crippen LogP contribution in [0.25, 0.3) is 0 Å². The molecule has 1 rings (SSSR count). The van der Waals surface area contributed by atoms with Crippen LogP contribution in [0, 0.1) is 0 Å². The zero-order valence-electron chi connectivity index (χ0n) is 11.3. The summed E-state index contributed by atoms with van der Waals surface area (Å²) < 4.78 is 28.1. The summed E-state index contributed by atoms with van der Waals surface area (Å²) in [5, 5.41) is 13.7. The molecule has 1 aromatic carbocycles. The van der Waals surface area contributed by atoms with Crippen LogP contribution >= 0.6 is 0 Å². The van der Waals surface area contributed by atoms with E-state index < -0.39 is 24.7 Å². The average Bonchev–Trinajstić information content (AvgIpc) is 2.39. The lowest BCUT2D eigenvalue weighted by Crippen LogP contribution is -2.38. The van der Waals surface area contributed by atoms with Gasteiger partial charge in [0, 0.05) is 11.7 Å². The van der Waals surface area contributed by atoms with Crippen molar-refractivity contribution in [2.45, 2.75) is 32.4 Å². The van der Waals surface area contributed by atoms with Gasteiger partial charge < -0.3 is 20.5 Å². The summed E-state index contributed by atoms with van der Waals surface area (Å²) in [5.74, 6) is -1.02. The van der Waals surface area contributed by atoms with Gasteiger partial charge in [-0.25, -0.2) is 4.79 Å². The minimum Gasteiger partial charge on any atom is -0.481 e. The molecule has 0 radical (unpaired) electrons. The highest BCUT2D eigenvalue weighted by Gasteiger charge is 2.14. The van der Waals surface area contributed by atoms with E-state index in [1.165, 1.54) is 24.3 Å². The first kappa shape index (κ1) is 16.7. The van der Waals surface area contributed by atoms with Crippen LogP contribution in [0.3, 0.4) is 0 Å². The first-order valence-corrected chi connectivity index (χ1v) is 6.25. The molecular formula is C13H16F2N2O4. The zero-order valence-corrected chi connectivity index (χ0v) is 11.3. The maximum atomic E-state index is 12.0. The van der Waals surface area contributed by atoms with Gasteiger partial charge in [0.1, 0.15) is 5.75 Å². The molecular weight excluding hydrogens is 286 g/mol. The third-order valence-corrected chi connectivity index (χ3v) is 2.59. The van der Waals surface area contributed by atoms with Crippen molar-refractivity contribution in [3.05, 3.63) is 24.3 Å². The number of halogens is 2. The number of urea groups is 1. The number of carbonyl (C=O) groups is 2. The fraction of sp³-hybridized carbons (Fsp3) is 0.385. The van der Waals surface area contributed by atoms with E-state index in [1.807, 2.05) is 0 Å². The highest BCUT2D eigenvalue weighted by molar-refractivity contribution is 5.89. The second kappa shape index (κ2) is 8.03. The fourth-order valence-electron chi connectivity index (χ4n) is 1.58. The number of ether oxygens (including phenoxy) is 1. The van der Waals surface area contributed by atoms with E-state index in [-0.39, 0.29) is 12.2 Å². The molecule has 116 valence electrons. The molecule has 1 atom stereocenters. The number of hydrogen-bond donors (Lipinski definition) is 3. The summed E-state index contributed by atoms with van der Waals surface area (Å²) in [5.41, 5.74) is 0.374. The number of carboxylic acid groups (broad SMARTS) is 1. The summed E-state index contributed by atoms with van der Waals surface area (Å²) in [6.45, 7) is -1.15. The Balaban J connectivity index is 2.52. The number of hydrogen-bond acceptors (Lipinski definition) is 3. The molecule has 8 heteroatoms. The minimum atomic E-state index is -2.91. The largest absolute Gasteiger partial charge is 0.481 e. The number of amides is 2. The lowest BCUT2D eigenvalue weighted by molar-refractivity contribution is -0.137. The topological polar surface area (TPSA) is 87.7 Å². The van der Waals surface area contributed by atoms with Gasteiger partial charge in [-0.3, -0.25) is 4.79 Å². The van der Waals surface area contributed by atoms with E-state index >= 15 is 0 Å². The Morgan fingerprint density at radius 1 is 1.29 bits per heavy atom. The summed E-state index contributed by atoms with van der Waals surface area (Å²) in [4.78, 5) is 22.2. The van der Waals surface area contributed by atoms with Crippen molar-refractivity contribution < 1.29 is 28.2 Å². The number of aliphatic carboxylic acids is 1. The van der Waals surface area contributed by atoms with E-state index in [0.29, 0.717) is 12.1 Å². The highest BCUT2D eigenvalue weighted by Crippen LogP contribution is 2.17. The van der Waals surface area contributed by atoms with Crippen LogP contribution in [0.1, 0.15) is 19.8 Å². The molecule has 0 bridgehead atoms. The van der Waals surface area contributed by atoms with Gasteiger partial charge in [-0.1, -0.05) is 6.92 Å². The van der Waals surface area contributed by atoms with Crippen molar-refractivity contribution in [3.63, 3.8) is 0 Å². The highest BCUT2D eigenvalue weighted by atomic mass is 19.3. The third-order valence-electron chi connectivity index (χ3n) is 2.59. The maximum absolute atomic E-state index is 12.0. The van der Waals surface area contributed by atoms with Crippen LogP contribution in [-0.2, 0) is 4.79 Å². The molecule has 3 N–H and O–H groups in total. The van der Waals surface area contributed by atoms with Gasteiger partial charge in [0.15, 0.2) is 0 Å². The van der Waals surface area contributed by atoms with Crippen LogP contribution in [0.5, 0.6) is 5.75 Å². The second-order valence-corrected chi connectivity index (χ2v) is 4.20. The third kappa shape index (κ3) is 6.55. The maximum Gasteiger partial charge on any atom is 0.387 e. The van der Waals surface area contributed by atoms with Gasteiger partial charge >= 0.3 is 18.6 Å². The molecule has 0 aliphatic rings. The summed E-state index contributed by atoms with van der Waals surface area (Å²) >= 11 is 0. The monoisotopic (exact) mass is 302 g/mol. The van der Waals surface area contributed by atoms with Gasteiger partial charge in [-0.05, 0) is 30.7 Å². The van der Waals surface area contributed by atoms with Gasteiger partial charge in [-0.2, -0.15) is 8.78 Å². The molecule has 0 heterocycles. The number of rotatable bonds is 7. The molecule has 6 nitrogen and oxygen atoms in total. The standard InChI is InChI=1S/C13H16F2N2O4/c1-2-8(7-11(18)19)16-13(20)17-9-3-5-10(6-4-9)21-12(14)15/h3-6,8,12H,2,7H2,1H3,(H,18,19)(H2,16,17,20). The number of anilines is 1. The minimum absolute atomic E-state index is 0.0201. The smallest absolute Gasteiger partial charge is 0.387 e. The van der Waals surface area contributed by atoms with E-state index in [0.717, 1.165) is 0 Å². The second-order valence-electron chi connectivity index (χ2n) is 4.20. The van der Waals surface area contributed by atoms with E-state index in [2.05, 4.69) is 15.4 Å². The summed E-state index contributed by atoms with van der Waals surface area (Å²) in [6.07, 6.45) is 0.298. The molecule has 0 fully saturated rings. The predicted octanol–water partition coefficient (Wildman–Crippen LogP) is 2.66. The van der Waals surface area contributed by atoms with Crippen molar-refractivity contribution in [2.24, 2.45) is 0 Å². The van der Waals surface area contributed by atoms with Gasteiger partial charge in [0.05, 0.1) is 6.42 Å². The molecule has 1 aromatic rings. The zero-order chi connectivity index (χ0) is 15.8. The first-order valence-electron chi connectivity index (χ1n) is 6.25. The molecule has 0 aliphatic carbocycles. The molecule has 2 amide bonds. The Hall–Kier alpha value is -2.38. The van der Waals surface area contributed by atoms with E-state index in [1.54, 1.807) is 6.92 Å². The van der Waals surface area contributed by atoms with Gasteiger partial charge in [0.25, 0.3) is 0 Å². The van der Waals surface area contributed by atoms with Crippen molar-refractivity contribution in [3.8, 4) is 5.75 Å². The van der Waals surface area contributed by atoms with Crippen molar-refractivity contribution >= 4 is 17.7 Å². The Morgan fingerprint density at radius 2 is 1.90 bits per heavy atom. The Labute approximate surface area is 120 Å². The molecule has 0 aliphatic heterocycles. The predicted molar refractivity (Wildman–Crippen MR) is 71.6 cm³/mol. The van der Waals surface area contributed by atoms with Crippen LogP contribution in [0.2, 0.25) is 0 Å². The lowest BCUT2D eigenvalue weighted by Gasteiger charge is -2.15. The fourth-order valence-corrected chi connectivity index (χ4v) is 1.58. The van der Waals surface area contributed by atoms with Crippen LogP contribution in [0.15, 0.2) is 24.3 Å². The average molecular weight is 302 g/mol. The molecule has 1 unspecified atom stereocenters. The first-order chi connectivity index (χ1) is 9.90. The number of benzene rings is 1. The van der Waals surface area contributed by atoms with Crippen molar-refractivity contribution in [1.29, 1.82) is 0 Å². The number of alkyl halides is 2. The normalized spacial score (nSPS) is 11.8. The van der Waals surface area contributed by atoms with Crippen LogP contribution < -0.4 is 15.4 Å². The van der Waals surface area contributed by atoms with Crippen molar-refractivity contribution in [2.75, 3.05) is 5.32 Å². The summed E-state index contributed by atoms with van der Waals surface area (Å²) in [7, 11) is 0. The van der Waals surface area contributed by atoms with Gasteiger partial charge in [-0.15, -0.1) is 0 Å². The Bertz CT molecular complexity index is 480. The van der Waals surface area contributed by atoms with Gasteiger partial charge in [0.2, 0.25) is 0 Å². The Morgan fingerprint density at radius 3 is 2.38 bits per heavy atom. The molecule has 0 spiro atoms. The van der Waals surface area contributed by atoms with Crippen LogP contribution in [-0.4, -0.2) is 29.8 Å². The number of carboxylic acids is 1. The SMILES string of the molecule is CCC(CC(=O)O)NC(=O)Nc1ccc(OC(F)F)cc1. The van der Waals surface area contributed by atoms with E-state index in [4.69, 9.17) is 5.11 Å². The van der Waals surface area contributed by atoms with Crippen molar-refractivity contribution in [1.82, 2.24) is 5.32 Å². The molecule has 0 saturated heterocycles. The number of carbonyl (C=O) groups excluding carboxylic acids is 1. The summed E-state index contributed by atoms with van der Waals surface area (Å²) in [6, 6.07) is 4.33. The molecule has 21 heavy (non-hydrogen) atoms. The number of nitrogens with one attached hydrogen (secondary N) is 2. The Kier molecular flexibility index (Phi) is 6.38. The lowest BCUT2D eigenvalue weighted by atomic mass is 10.1. The quantitative estimate of drug-likeness (QED) is 0.722. The molecule has 0 aromatic heterocycles.